The molecule has 0 amide bonds. The average Bonchev–Trinajstić information content (AvgIpc) is 2.80. The summed E-state index contributed by atoms with van der Waals surface area (Å²) in [6, 6.07) is 8.09. The highest BCUT2D eigenvalue weighted by Gasteiger charge is 2.17. The molecule has 0 fully saturated rings. The van der Waals surface area contributed by atoms with Crippen molar-refractivity contribution in [1.29, 1.82) is 0 Å². The van der Waals surface area contributed by atoms with Crippen molar-refractivity contribution in [3.05, 3.63) is 51.5 Å². The first-order valence-electron chi connectivity index (χ1n) is 6.74. The molecule has 0 saturated heterocycles. The number of hydrogen-bond donors (Lipinski definition) is 1. The molecule has 2 aromatic rings. The Morgan fingerprint density at radius 3 is 2.70 bits per heavy atom. The lowest BCUT2D eigenvalue weighted by atomic mass is 10.1. The van der Waals surface area contributed by atoms with Crippen molar-refractivity contribution in [2.45, 2.75) is 38.8 Å². The molecule has 1 atom stereocenters. The first-order chi connectivity index (χ1) is 9.61. The molecule has 1 aromatic heterocycles. The zero-order valence-electron chi connectivity index (χ0n) is 11.4. The zero-order chi connectivity index (χ0) is 14.5. The minimum Gasteiger partial charge on any atom is -0.387 e. The zero-order valence-corrected chi connectivity index (χ0v) is 13.7. The van der Waals surface area contributed by atoms with Gasteiger partial charge in [-0.25, -0.2) is 4.98 Å². The minimum absolute atomic E-state index is 0.394. The molecule has 0 aliphatic carbocycles. The van der Waals surface area contributed by atoms with E-state index in [-0.39, 0.29) is 0 Å². The second-order valence-corrected chi connectivity index (χ2v) is 6.11. The van der Waals surface area contributed by atoms with E-state index in [9.17, 15) is 5.11 Å². The molecular formula is C15H18BrClN2O. The third-order valence-corrected chi connectivity index (χ3v) is 4.06. The second-order valence-electron chi connectivity index (χ2n) is 4.83. The topological polar surface area (TPSA) is 38.1 Å². The standard InChI is InChI=1S/C15H18BrClN2O/c1-2-3-4-13(20)14-15(17)18-10-19(14)9-11-5-7-12(16)8-6-11/h5-8,10,13,20H,2-4,9H2,1H3. The molecule has 0 aliphatic heterocycles. The lowest BCUT2D eigenvalue weighted by molar-refractivity contribution is 0.155. The van der Waals surface area contributed by atoms with Crippen LogP contribution in [0.25, 0.3) is 0 Å². The molecule has 0 spiro atoms. The molecule has 20 heavy (non-hydrogen) atoms. The number of nitrogens with zero attached hydrogens (tertiary/aromatic N) is 2. The van der Waals surface area contributed by atoms with Crippen molar-refractivity contribution in [3.8, 4) is 0 Å². The third kappa shape index (κ3) is 3.84. The van der Waals surface area contributed by atoms with E-state index in [1.807, 2.05) is 28.8 Å². The van der Waals surface area contributed by atoms with Gasteiger partial charge in [-0.3, -0.25) is 0 Å². The van der Waals surface area contributed by atoms with E-state index < -0.39 is 6.10 Å². The lowest BCUT2D eigenvalue weighted by Gasteiger charge is -2.14. The van der Waals surface area contributed by atoms with Gasteiger partial charge in [-0.05, 0) is 24.1 Å². The van der Waals surface area contributed by atoms with E-state index in [0.29, 0.717) is 23.8 Å². The monoisotopic (exact) mass is 356 g/mol. The molecular weight excluding hydrogens is 340 g/mol. The fraction of sp³-hybridized carbons (Fsp3) is 0.400. The summed E-state index contributed by atoms with van der Waals surface area (Å²) in [5.74, 6) is 0. The summed E-state index contributed by atoms with van der Waals surface area (Å²) in [7, 11) is 0. The summed E-state index contributed by atoms with van der Waals surface area (Å²) in [6.07, 6.45) is 3.87. The van der Waals surface area contributed by atoms with Crippen molar-refractivity contribution < 1.29 is 5.11 Å². The maximum Gasteiger partial charge on any atom is 0.152 e. The molecule has 2 rings (SSSR count). The Kier molecular flexibility index (Phi) is 5.64. The summed E-state index contributed by atoms with van der Waals surface area (Å²) in [6.45, 7) is 2.76. The average molecular weight is 358 g/mol. The number of aromatic nitrogens is 2. The van der Waals surface area contributed by atoms with Crippen molar-refractivity contribution >= 4 is 27.5 Å². The van der Waals surface area contributed by atoms with Crippen molar-refractivity contribution in [1.82, 2.24) is 9.55 Å². The maximum atomic E-state index is 10.3. The van der Waals surface area contributed by atoms with Crippen molar-refractivity contribution in [2.24, 2.45) is 0 Å². The molecule has 0 bridgehead atoms. The van der Waals surface area contributed by atoms with Gasteiger partial charge in [-0.1, -0.05) is 59.4 Å². The van der Waals surface area contributed by atoms with Crippen molar-refractivity contribution in [3.63, 3.8) is 0 Å². The number of rotatable bonds is 6. The molecule has 1 N–H and O–H groups in total. The SMILES string of the molecule is CCCCC(O)c1c(Cl)ncn1Cc1ccc(Br)cc1. The van der Waals surface area contributed by atoms with Crippen LogP contribution in [-0.4, -0.2) is 14.7 Å². The van der Waals surface area contributed by atoms with Crippen LogP contribution in [0.15, 0.2) is 35.1 Å². The Labute approximate surface area is 132 Å². The van der Waals surface area contributed by atoms with Crippen LogP contribution in [0.3, 0.4) is 0 Å². The van der Waals surface area contributed by atoms with E-state index in [2.05, 4.69) is 27.8 Å². The molecule has 5 heteroatoms. The minimum atomic E-state index is -0.555. The summed E-state index contributed by atoms with van der Waals surface area (Å²) < 4.78 is 2.97. The molecule has 1 unspecified atom stereocenters. The molecule has 0 radical (unpaired) electrons. The quantitative estimate of drug-likeness (QED) is 0.822. The first kappa shape index (κ1) is 15.5. The summed E-state index contributed by atoms with van der Waals surface area (Å²) in [4.78, 5) is 4.12. The third-order valence-electron chi connectivity index (χ3n) is 3.24. The van der Waals surface area contributed by atoms with Gasteiger partial charge in [0.2, 0.25) is 0 Å². The van der Waals surface area contributed by atoms with Crippen LogP contribution in [-0.2, 0) is 6.54 Å². The lowest BCUT2D eigenvalue weighted by Crippen LogP contribution is -2.08. The van der Waals surface area contributed by atoms with Crippen molar-refractivity contribution in [2.75, 3.05) is 0 Å². The van der Waals surface area contributed by atoms with E-state index in [0.717, 1.165) is 22.9 Å². The van der Waals surface area contributed by atoms with Crippen LogP contribution in [0, 0.1) is 0 Å². The van der Waals surface area contributed by atoms with Gasteiger partial charge in [0.15, 0.2) is 5.15 Å². The van der Waals surface area contributed by atoms with Gasteiger partial charge >= 0.3 is 0 Å². The highest BCUT2D eigenvalue weighted by atomic mass is 79.9. The normalized spacial score (nSPS) is 12.6. The van der Waals surface area contributed by atoms with E-state index >= 15 is 0 Å². The molecule has 3 nitrogen and oxygen atoms in total. The second kappa shape index (κ2) is 7.25. The van der Waals surface area contributed by atoms with Gasteiger partial charge in [0.05, 0.1) is 18.1 Å². The predicted molar refractivity (Wildman–Crippen MR) is 85.0 cm³/mol. The number of aliphatic hydroxyl groups is 1. The summed E-state index contributed by atoms with van der Waals surface area (Å²) in [5, 5.41) is 10.7. The highest BCUT2D eigenvalue weighted by Crippen LogP contribution is 2.26. The maximum absolute atomic E-state index is 10.3. The Balaban J connectivity index is 2.17. The van der Waals surface area contributed by atoms with Gasteiger partial charge in [0.1, 0.15) is 0 Å². The van der Waals surface area contributed by atoms with Gasteiger partial charge in [0, 0.05) is 11.0 Å². The molecule has 0 aliphatic rings. The number of hydrogen-bond acceptors (Lipinski definition) is 2. The largest absolute Gasteiger partial charge is 0.387 e. The van der Waals surface area contributed by atoms with Crippen LogP contribution < -0.4 is 0 Å². The Hall–Kier alpha value is -0.840. The summed E-state index contributed by atoms with van der Waals surface area (Å²) >= 11 is 9.53. The molecule has 0 saturated carbocycles. The fourth-order valence-corrected chi connectivity index (χ4v) is 2.69. The number of halogens is 2. The number of benzene rings is 1. The first-order valence-corrected chi connectivity index (χ1v) is 7.92. The Bertz CT molecular complexity index is 554. The van der Waals surface area contributed by atoms with Crippen LogP contribution >= 0.6 is 27.5 Å². The van der Waals surface area contributed by atoms with Gasteiger partial charge in [0.25, 0.3) is 0 Å². The molecule has 1 heterocycles. The number of unbranched alkanes of at least 4 members (excludes halogenated alkanes) is 1. The van der Waals surface area contributed by atoms with Crippen LogP contribution in [0.2, 0.25) is 5.15 Å². The fourth-order valence-electron chi connectivity index (χ4n) is 2.14. The molecule has 1 aromatic carbocycles. The van der Waals surface area contributed by atoms with Gasteiger partial charge in [-0.2, -0.15) is 0 Å². The van der Waals surface area contributed by atoms with Crippen LogP contribution in [0.5, 0.6) is 0 Å². The van der Waals surface area contributed by atoms with E-state index in [4.69, 9.17) is 11.6 Å². The predicted octanol–water partition coefficient (Wildman–Crippen LogP) is 4.57. The number of aliphatic hydroxyl groups excluding tert-OH is 1. The van der Waals surface area contributed by atoms with Crippen LogP contribution in [0.1, 0.15) is 43.5 Å². The van der Waals surface area contributed by atoms with Gasteiger partial charge < -0.3 is 9.67 Å². The van der Waals surface area contributed by atoms with E-state index in [1.54, 1.807) is 6.33 Å². The van der Waals surface area contributed by atoms with Crippen LogP contribution in [0.4, 0.5) is 0 Å². The van der Waals surface area contributed by atoms with E-state index in [1.165, 1.54) is 0 Å². The Morgan fingerprint density at radius 2 is 2.05 bits per heavy atom. The van der Waals surface area contributed by atoms with Gasteiger partial charge in [-0.15, -0.1) is 0 Å². The smallest absolute Gasteiger partial charge is 0.152 e. The Morgan fingerprint density at radius 1 is 1.35 bits per heavy atom. The summed E-state index contributed by atoms with van der Waals surface area (Å²) in [5.41, 5.74) is 1.86. The number of imidazole rings is 1. The molecule has 108 valence electrons. The highest BCUT2D eigenvalue weighted by molar-refractivity contribution is 9.10.